The van der Waals surface area contributed by atoms with Crippen LogP contribution in [0.1, 0.15) is 17.2 Å². The fourth-order valence-electron chi connectivity index (χ4n) is 2.93. The molecule has 1 heterocycles. The number of ether oxygens (including phenoxy) is 1. The molecule has 4 atom stereocenters. The van der Waals surface area contributed by atoms with Gasteiger partial charge in [0, 0.05) is 4.92 Å². The summed E-state index contributed by atoms with van der Waals surface area (Å²) in [5, 5.41) is 13.7. The second kappa shape index (κ2) is 6.15. The lowest BCUT2D eigenvalue weighted by Crippen LogP contribution is -2.46. The quantitative estimate of drug-likeness (QED) is 0.520. The van der Waals surface area contributed by atoms with Crippen LogP contribution in [0.2, 0.25) is 0 Å². The Bertz CT molecular complexity index is 620. The largest absolute Gasteiger partial charge is 0.468 e. The van der Waals surface area contributed by atoms with Crippen LogP contribution in [0.5, 0.6) is 0 Å². The number of nitrogens with one attached hydrogen (secondary N) is 1. The van der Waals surface area contributed by atoms with Crippen molar-refractivity contribution in [2.24, 2.45) is 5.92 Å². The van der Waals surface area contributed by atoms with Crippen molar-refractivity contribution in [2.45, 2.75) is 31.2 Å². The van der Waals surface area contributed by atoms with Crippen LogP contribution in [0, 0.1) is 23.0 Å². The number of halogens is 3. The van der Waals surface area contributed by atoms with Crippen molar-refractivity contribution in [3.63, 3.8) is 0 Å². The van der Waals surface area contributed by atoms with Crippen molar-refractivity contribution in [1.29, 1.82) is 0 Å². The second-order valence-corrected chi connectivity index (χ2v) is 5.40. The molecular formula is C14H15F3N2O4. The molecule has 1 aromatic carbocycles. The topological polar surface area (TPSA) is 81.5 Å². The van der Waals surface area contributed by atoms with Crippen molar-refractivity contribution in [2.75, 3.05) is 7.11 Å². The molecule has 9 heteroatoms. The summed E-state index contributed by atoms with van der Waals surface area (Å²) in [5.74, 6) is -3.63. The zero-order valence-electron chi connectivity index (χ0n) is 12.3. The van der Waals surface area contributed by atoms with E-state index in [1.165, 1.54) is 6.07 Å². The first kappa shape index (κ1) is 17.2. The van der Waals surface area contributed by atoms with Gasteiger partial charge in [-0.15, -0.1) is 0 Å². The number of benzene rings is 1. The first-order chi connectivity index (χ1) is 10.7. The molecule has 1 N–H and O–H groups in total. The lowest BCUT2D eigenvalue weighted by molar-refractivity contribution is -0.540. The van der Waals surface area contributed by atoms with Crippen LogP contribution >= 0.6 is 0 Å². The molecule has 1 aliphatic rings. The molecule has 23 heavy (non-hydrogen) atoms. The van der Waals surface area contributed by atoms with Gasteiger partial charge in [0.1, 0.15) is 18.0 Å². The predicted molar refractivity (Wildman–Crippen MR) is 73.2 cm³/mol. The average Bonchev–Trinajstić information content (AvgIpc) is 2.87. The molecule has 0 radical (unpaired) electrons. The minimum Gasteiger partial charge on any atom is -0.468 e. The molecule has 0 spiro atoms. The van der Waals surface area contributed by atoms with Gasteiger partial charge in [-0.1, -0.05) is 29.8 Å². The lowest BCUT2D eigenvalue weighted by atomic mass is 9.90. The van der Waals surface area contributed by atoms with E-state index in [0.29, 0.717) is 5.56 Å². The molecule has 0 aromatic heterocycles. The predicted octanol–water partition coefficient (Wildman–Crippen LogP) is 2.00. The number of alkyl halides is 3. The first-order valence-corrected chi connectivity index (χ1v) is 6.77. The molecule has 6 nitrogen and oxygen atoms in total. The highest BCUT2D eigenvalue weighted by molar-refractivity contribution is 5.77. The Balaban J connectivity index is 2.51. The van der Waals surface area contributed by atoms with Crippen LogP contribution in [-0.4, -0.2) is 36.3 Å². The minimum atomic E-state index is -4.91. The van der Waals surface area contributed by atoms with E-state index >= 15 is 0 Å². The van der Waals surface area contributed by atoms with Crippen molar-refractivity contribution in [3.05, 3.63) is 45.5 Å². The van der Waals surface area contributed by atoms with Crippen LogP contribution in [0.25, 0.3) is 0 Å². The Morgan fingerprint density at radius 1 is 1.39 bits per heavy atom. The molecule has 126 valence electrons. The van der Waals surface area contributed by atoms with Gasteiger partial charge in [-0.05, 0) is 12.5 Å². The first-order valence-electron chi connectivity index (χ1n) is 6.77. The van der Waals surface area contributed by atoms with Gasteiger partial charge in [0.2, 0.25) is 6.04 Å². The zero-order valence-corrected chi connectivity index (χ0v) is 12.3. The van der Waals surface area contributed by atoms with E-state index in [-0.39, 0.29) is 0 Å². The lowest BCUT2D eigenvalue weighted by Gasteiger charge is -2.21. The molecule has 1 aliphatic heterocycles. The number of carbonyl (C=O) groups is 1. The van der Waals surface area contributed by atoms with Crippen LogP contribution in [0.15, 0.2) is 24.3 Å². The summed E-state index contributed by atoms with van der Waals surface area (Å²) in [4.78, 5) is 22.0. The van der Waals surface area contributed by atoms with Crippen molar-refractivity contribution in [1.82, 2.24) is 5.32 Å². The van der Waals surface area contributed by atoms with E-state index < -0.39 is 41.1 Å². The summed E-state index contributed by atoms with van der Waals surface area (Å²) in [5.41, 5.74) is 1.07. The maximum Gasteiger partial charge on any atom is 0.400 e. The van der Waals surface area contributed by atoms with Crippen LogP contribution < -0.4 is 5.32 Å². The van der Waals surface area contributed by atoms with Crippen LogP contribution in [0.4, 0.5) is 13.2 Å². The molecule has 2 rings (SSSR count). The molecule has 0 bridgehead atoms. The second-order valence-electron chi connectivity index (χ2n) is 5.40. The number of hydrogen-bond donors (Lipinski definition) is 1. The molecule has 0 amide bonds. The summed E-state index contributed by atoms with van der Waals surface area (Å²) in [7, 11) is 0.943. The van der Waals surface area contributed by atoms with E-state index in [1.54, 1.807) is 25.1 Å². The summed E-state index contributed by atoms with van der Waals surface area (Å²) in [6, 6.07) is 1.30. The summed E-state index contributed by atoms with van der Waals surface area (Å²) < 4.78 is 44.4. The van der Waals surface area contributed by atoms with Crippen molar-refractivity contribution < 1.29 is 27.6 Å². The van der Waals surface area contributed by atoms with E-state index in [0.717, 1.165) is 12.7 Å². The maximum absolute atomic E-state index is 13.3. The molecule has 0 saturated carbocycles. The number of aryl methyl sites for hydroxylation is 1. The third-order valence-electron chi connectivity index (χ3n) is 3.91. The van der Waals surface area contributed by atoms with E-state index in [1.807, 2.05) is 0 Å². The van der Waals surface area contributed by atoms with Gasteiger partial charge < -0.3 is 4.74 Å². The maximum atomic E-state index is 13.3. The van der Waals surface area contributed by atoms with Gasteiger partial charge in [0.25, 0.3) is 0 Å². The number of hydrogen-bond acceptors (Lipinski definition) is 5. The Labute approximate surface area is 129 Å². The smallest absolute Gasteiger partial charge is 0.400 e. The fraction of sp³-hybridized carbons (Fsp3) is 0.500. The van der Waals surface area contributed by atoms with E-state index in [2.05, 4.69) is 10.1 Å². The third kappa shape index (κ3) is 3.29. The third-order valence-corrected chi connectivity index (χ3v) is 3.91. The Morgan fingerprint density at radius 2 is 2.04 bits per heavy atom. The van der Waals surface area contributed by atoms with Gasteiger partial charge >= 0.3 is 12.1 Å². The highest BCUT2D eigenvalue weighted by Gasteiger charge is 2.65. The van der Waals surface area contributed by atoms with Gasteiger partial charge in [0.15, 0.2) is 0 Å². The Hall–Kier alpha value is -2.16. The highest BCUT2D eigenvalue weighted by atomic mass is 19.4. The summed E-state index contributed by atoms with van der Waals surface area (Å²) >= 11 is 0. The number of methoxy groups -OCH3 is 1. The molecule has 1 saturated heterocycles. The number of nitrogens with zero attached hydrogens (tertiary/aromatic N) is 1. The fourth-order valence-corrected chi connectivity index (χ4v) is 2.93. The van der Waals surface area contributed by atoms with E-state index in [9.17, 15) is 28.1 Å². The summed E-state index contributed by atoms with van der Waals surface area (Å²) in [6.07, 6.45) is -4.91. The normalized spacial score (nSPS) is 27.7. The Kier molecular flexibility index (Phi) is 4.60. The van der Waals surface area contributed by atoms with Crippen LogP contribution in [0.3, 0.4) is 0 Å². The molecule has 0 aliphatic carbocycles. The van der Waals surface area contributed by atoms with Crippen molar-refractivity contribution >= 4 is 5.97 Å². The Morgan fingerprint density at radius 3 is 2.52 bits per heavy atom. The number of rotatable bonds is 3. The molecule has 0 unspecified atom stereocenters. The van der Waals surface area contributed by atoms with Gasteiger partial charge in [-0.2, -0.15) is 13.2 Å². The van der Waals surface area contributed by atoms with E-state index in [4.69, 9.17) is 0 Å². The van der Waals surface area contributed by atoms with Crippen LogP contribution in [-0.2, 0) is 9.53 Å². The number of carbonyl (C=O) groups excluding carboxylic acids is 1. The number of esters is 1. The standard InChI is InChI=1S/C14H15F3N2O4/c1-7-4-3-5-8(6-7)10-12(19(21)22)9(14(15,16)17)11(18-10)13(20)23-2/h3-6,9-12,18H,1-2H3/t9-,10-,11-,12+/m1/s1. The highest BCUT2D eigenvalue weighted by Crippen LogP contribution is 2.43. The molecular weight excluding hydrogens is 317 g/mol. The van der Waals surface area contributed by atoms with Gasteiger partial charge in [-0.25, -0.2) is 0 Å². The van der Waals surface area contributed by atoms with Gasteiger partial charge in [0.05, 0.1) is 7.11 Å². The number of nitro groups is 1. The monoisotopic (exact) mass is 332 g/mol. The summed E-state index contributed by atoms with van der Waals surface area (Å²) in [6.45, 7) is 1.72. The average molecular weight is 332 g/mol. The molecule has 1 fully saturated rings. The SMILES string of the molecule is COC(=O)[C@@H]1N[C@H](c2cccc(C)c2)[C@@H]([N+](=O)[O-])[C@@H]1C(F)(F)F. The zero-order chi connectivity index (χ0) is 17.4. The minimum absolute atomic E-state index is 0.326. The molecule has 1 aromatic rings. The van der Waals surface area contributed by atoms with Gasteiger partial charge in [-0.3, -0.25) is 20.2 Å². The van der Waals surface area contributed by atoms with Crippen molar-refractivity contribution in [3.8, 4) is 0 Å².